The number of furan rings is 1. The van der Waals surface area contributed by atoms with Crippen LogP contribution in [-0.2, 0) is 11.3 Å². The number of hydrogen-bond donors (Lipinski definition) is 2. The minimum atomic E-state index is -1.13. The minimum Gasteiger partial charge on any atom is -0.492 e. The fourth-order valence-corrected chi connectivity index (χ4v) is 2.57. The van der Waals surface area contributed by atoms with E-state index in [1.165, 1.54) is 12.1 Å². The first kappa shape index (κ1) is 15.1. The number of aromatic carboxylic acids is 1. The maximum atomic E-state index is 12.4. The van der Waals surface area contributed by atoms with Crippen LogP contribution in [0.4, 0.5) is 0 Å². The Hall–Kier alpha value is -2.76. The Labute approximate surface area is 133 Å². The van der Waals surface area contributed by atoms with Gasteiger partial charge in [-0.25, -0.2) is 4.79 Å². The molecule has 2 aromatic rings. The maximum Gasteiger partial charge on any atom is 0.371 e. The summed E-state index contributed by atoms with van der Waals surface area (Å²) in [6.07, 6.45) is 0. The Balaban J connectivity index is 1.68. The highest BCUT2D eigenvalue weighted by molar-refractivity contribution is 5.86. The van der Waals surface area contributed by atoms with Crippen molar-refractivity contribution in [1.29, 1.82) is 0 Å². The summed E-state index contributed by atoms with van der Waals surface area (Å²) in [5, 5.41) is 11.6. The monoisotopic (exact) mass is 315 g/mol. The van der Waals surface area contributed by atoms with Crippen LogP contribution in [0, 0.1) is 13.8 Å². The van der Waals surface area contributed by atoms with E-state index >= 15 is 0 Å². The first-order chi connectivity index (χ1) is 11.0. The highest BCUT2D eigenvalue weighted by Crippen LogP contribution is 2.36. The fourth-order valence-electron chi connectivity index (χ4n) is 2.57. The third kappa shape index (κ3) is 2.92. The molecule has 0 bridgehead atoms. The summed E-state index contributed by atoms with van der Waals surface area (Å²) >= 11 is 0. The number of carboxylic acid groups (broad SMARTS) is 1. The normalized spacial score (nSPS) is 15.8. The molecule has 1 unspecified atom stereocenters. The molecule has 1 aromatic carbocycles. The average Bonchev–Trinajstić information content (AvgIpc) is 3.12. The molecule has 1 atom stereocenters. The second-order valence-electron chi connectivity index (χ2n) is 5.63. The summed E-state index contributed by atoms with van der Waals surface area (Å²) in [6.45, 7) is 4.45. The SMILES string of the molecule is Cc1cc2c(cc1C)C(C(=O)NCc1ccc(C(=O)O)o1)CO2. The van der Waals surface area contributed by atoms with Gasteiger partial charge in [-0.05, 0) is 43.2 Å². The summed E-state index contributed by atoms with van der Waals surface area (Å²) in [6, 6.07) is 6.83. The number of nitrogens with one attached hydrogen (secondary N) is 1. The van der Waals surface area contributed by atoms with E-state index in [-0.39, 0.29) is 24.1 Å². The van der Waals surface area contributed by atoms with Crippen molar-refractivity contribution in [3.63, 3.8) is 0 Å². The van der Waals surface area contributed by atoms with E-state index in [0.717, 1.165) is 22.4 Å². The molecule has 1 amide bonds. The number of ether oxygens (including phenoxy) is 1. The Bertz CT molecular complexity index is 777. The third-order valence-corrected chi connectivity index (χ3v) is 4.03. The van der Waals surface area contributed by atoms with E-state index in [4.69, 9.17) is 14.3 Å². The molecule has 1 aliphatic heterocycles. The first-order valence-corrected chi connectivity index (χ1v) is 7.29. The van der Waals surface area contributed by atoms with Gasteiger partial charge in [0, 0.05) is 5.56 Å². The van der Waals surface area contributed by atoms with Crippen molar-refractivity contribution >= 4 is 11.9 Å². The van der Waals surface area contributed by atoms with E-state index in [9.17, 15) is 9.59 Å². The van der Waals surface area contributed by atoms with Gasteiger partial charge in [0.15, 0.2) is 0 Å². The Kier molecular flexibility index (Phi) is 3.82. The zero-order valence-corrected chi connectivity index (χ0v) is 12.9. The second kappa shape index (κ2) is 5.79. The van der Waals surface area contributed by atoms with Gasteiger partial charge in [0.2, 0.25) is 11.7 Å². The van der Waals surface area contributed by atoms with Crippen molar-refractivity contribution in [1.82, 2.24) is 5.32 Å². The lowest BCUT2D eigenvalue weighted by Gasteiger charge is -2.10. The number of aryl methyl sites for hydroxylation is 2. The van der Waals surface area contributed by atoms with Gasteiger partial charge in [0.1, 0.15) is 24.0 Å². The van der Waals surface area contributed by atoms with Gasteiger partial charge in [-0.15, -0.1) is 0 Å². The first-order valence-electron chi connectivity index (χ1n) is 7.29. The summed E-state index contributed by atoms with van der Waals surface area (Å²) in [5.74, 6) is -0.658. The predicted octanol–water partition coefficient (Wildman–Crippen LogP) is 2.39. The number of hydrogen-bond acceptors (Lipinski definition) is 4. The molecule has 120 valence electrons. The molecule has 6 nitrogen and oxygen atoms in total. The van der Waals surface area contributed by atoms with Crippen LogP contribution in [0.5, 0.6) is 5.75 Å². The number of amides is 1. The lowest BCUT2D eigenvalue weighted by atomic mass is 9.96. The van der Waals surface area contributed by atoms with E-state index in [0.29, 0.717) is 12.4 Å². The van der Waals surface area contributed by atoms with Crippen molar-refractivity contribution in [3.8, 4) is 5.75 Å². The number of rotatable bonds is 4. The van der Waals surface area contributed by atoms with Gasteiger partial charge in [-0.3, -0.25) is 4.79 Å². The minimum absolute atomic E-state index is 0.142. The molecule has 0 saturated carbocycles. The predicted molar refractivity (Wildman–Crippen MR) is 81.7 cm³/mol. The number of carboxylic acids is 1. The topological polar surface area (TPSA) is 88.8 Å². The average molecular weight is 315 g/mol. The van der Waals surface area contributed by atoms with Gasteiger partial charge >= 0.3 is 5.97 Å². The molecule has 0 aliphatic carbocycles. The Morgan fingerprint density at radius 3 is 2.70 bits per heavy atom. The molecule has 23 heavy (non-hydrogen) atoms. The van der Waals surface area contributed by atoms with Gasteiger partial charge in [-0.2, -0.15) is 0 Å². The van der Waals surface area contributed by atoms with Crippen LogP contribution in [0.1, 0.15) is 38.9 Å². The molecule has 0 fully saturated rings. The standard InChI is InChI=1S/C17H17NO5/c1-9-5-12-13(8-22-15(12)6-10(9)2)16(19)18-7-11-3-4-14(23-11)17(20)21/h3-6,13H,7-8H2,1-2H3,(H,18,19)(H,20,21). The van der Waals surface area contributed by atoms with Crippen LogP contribution in [-0.4, -0.2) is 23.6 Å². The molecule has 1 aromatic heterocycles. The van der Waals surface area contributed by atoms with Crippen LogP contribution in [0.25, 0.3) is 0 Å². The summed E-state index contributed by atoms with van der Waals surface area (Å²) in [5.41, 5.74) is 3.13. The number of benzene rings is 1. The van der Waals surface area contributed by atoms with Gasteiger partial charge < -0.3 is 19.6 Å². The van der Waals surface area contributed by atoms with Crippen LogP contribution in [0.3, 0.4) is 0 Å². The van der Waals surface area contributed by atoms with E-state index in [1.54, 1.807) is 0 Å². The molecule has 0 spiro atoms. The molecule has 6 heteroatoms. The third-order valence-electron chi connectivity index (χ3n) is 4.03. The Morgan fingerprint density at radius 1 is 1.26 bits per heavy atom. The highest BCUT2D eigenvalue weighted by Gasteiger charge is 2.30. The van der Waals surface area contributed by atoms with Gasteiger partial charge in [0.25, 0.3) is 0 Å². The molecular weight excluding hydrogens is 298 g/mol. The van der Waals surface area contributed by atoms with Crippen molar-refractivity contribution < 1.29 is 23.8 Å². The van der Waals surface area contributed by atoms with Crippen molar-refractivity contribution in [2.75, 3.05) is 6.61 Å². The lowest BCUT2D eigenvalue weighted by molar-refractivity contribution is -0.123. The smallest absolute Gasteiger partial charge is 0.371 e. The number of carbonyl (C=O) groups excluding carboxylic acids is 1. The molecule has 1 aliphatic rings. The van der Waals surface area contributed by atoms with Gasteiger partial charge in [-0.1, -0.05) is 6.07 Å². The number of carbonyl (C=O) groups is 2. The second-order valence-corrected chi connectivity index (χ2v) is 5.63. The van der Waals surface area contributed by atoms with Crippen molar-refractivity contribution in [3.05, 3.63) is 52.5 Å². The summed E-state index contributed by atoms with van der Waals surface area (Å²) in [4.78, 5) is 23.1. The molecule has 0 radical (unpaired) electrons. The Morgan fingerprint density at radius 2 is 2.00 bits per heavy atom. The zero-order valence-electron chi connectivity index (χ0n) is 12.9. The van der Waals surface area contributed by atoms with Crippen LogP contribution in [0.15, 0.2) is 28.7 Å². The molecular formula is C17H17NO5. The van der Waals surface area contributed by atoms with Crippen LogP contribution in [0.2, 0.25) is 0 Å². The molecule has 2 heterocycles. The summed E-state index contributed by atoms with van der Waals surface area (Å²) < 4.78 is 10.7. The van der Waals surface area contributed by atoms with Crippen LogP contribution >= 0.6 is 0 Å². The lowest BCUT2D eigenvalue weighted by Crippen LogP contribution is -2.29. The molecule has 0 saturated heterocycles. The van der Waals surface area contributed by atoms with E-state index in [2.05, 4.69) is 5.32 Å². The van der Waals surface area contributed by atoms with Crippen molar-refractivity contribution in [2.24, 2.45) is 0 Å². The van der Waals surface area contributed by atoms with Crippen molar-refractivity contribution in [2.45, 2.75) is 26.3 Å². The van der Waals surface area contributed by atoms with Crippen LogP contribution < -0.4 is 10.1 Å². The van der Waals surface area contributed by atoms with E-state index < -0.39 is 5.97 Å². The van der Waals surface area contributed by atoms with E-state index in [1.807, 2.05) is 26.0 Å². The fraction of sp³-hybridized carbons (Fsp3) is 0.294. The van der Waals surface area contributed by atoms with Gasteiger partial charge in [0.05, 0.1) is 6.54 Å². The number of fused-ring (bicyclic) bond motifs is 1. The molecule has 2 N–H and O–H groups in total. The highest BCUT2D eigenvalue weighted by atomic mass is 16.5. The quantitative estimate of drug-likeness (QED) is 0.904. The molecule has 3 rings (SSSR count). The zero-order chi connectivity index (χ0) is 16.6. The largest absolute Gasteiger partial charge is 0.492 e. The maximum absolute atomic E-state index is 12.4. The summed E-state index contributed by atoms with van der Waals surface area (Å²) in [7, 11) is 0.